The molecule has 0 spiro atoms. The summed E-state index contributed by atoms with van der Waals surface area (Å²) in [5.41, 5.74) is 0. The molecule has 0 saturated carbocycles. The van der Waals surface area contributed by atoms with Crippen molar-refractivity contribution in [1.29, 1.82) is 0 Å². The van der Waals surface area contributed by atoms with Crippen molar-refractivity contribution in [3.8, 4) is 0 Å². The molecule has 0 bridgehead atoms. The largest absolute Gasteiger partial charge is 1.00 e. The second-order valence-electron chi connectivity index (χ2n) is 2.09. The summed E-state index contributed by atoms with van der Waals surface area (Å²) in [6, 6.07) is 0. The van der Waals surface area contributed by atoms with Gasteiger partial charge in [-0.25, -0.2) is 4.58 Å². The molecule has 0 aromatic rings. The first-order chi connectivity index (χ1) is 4.34. The zero-order valence-electron chi connectivity index (χ0n) is 6.26. The monoisotopic (exact) mass is 289 g/mol. The first kappa shape index (κ1) is 11.1. The summed E-state index contributed by atoms with van der Waals surface area (Å²) in [7, 11) is 2.16. The molecule has 0 fully saturated rings. The van der Waals surface area contributed by atoms with E-state index in [9.17, 15) is 0 Å². The fraction of sp³-hybridized carbons (Fsp3) is 0.833. The molecule has 0 unspecified atom stereocenters. The summed E-state index contributed by atoms with van der Waals surface area (Å²) in [5, 5.41) is 0. The van der Waals surface area contributed by atoms with Gasteiger partial charge in [0.15, 0.2) is 0 Å². The van der Waals surface area contributed by atoms with Gasteiger partial charge < -0.3 is 24.0 Å². The van der Waals surface area contributed by atoms with Crippen LogP contribution in [0.1, 0.15) is 6.42 Å². The van der Waals surface area contributed by atoms with E-state index in [1.807, 2.05) is 23.5 Å². The summed E-state index contributed by atoms with van der Waals surface area (Å²) in [5.74, 6) is 1.31. The van der Waals surface area contributed by atoms with Crippen LogP contribution in [-0.2, 0) is 0 Å². The Balaban J connectivity index is 0.000000810. The van der Waals surface area contributed by atoms with E-state index in [0.717, 1.165) is 0 Å². The van der Waals surface area contributed by atoms with E-state index in [-0.39, 0.29) is 24.0 Å². The predicted octanol–water partition coefficient (Wildman–Crippen LogP) is -1.51. The Morgan fingerprint density at radius 2 is 2.30 bits per heavy atom. The lowest BCUT2D eigenvalue weighted by Crippen LogP contribution is -3.00. The maximum absolute atomic E-state index is 2.33. The first-order valence-electron chi connectivity index (χ1n) is 3.09. The Labute approximate surface area is 88.1 Å². The van der Waals surface area contributed by atoms with Crippen molar-refractivity contribution < 1.29 is 28.6 Å². The van der Waals surface area contributed by atoms with Gasteiger partial charge in [0.2, 0.25) is 0 Å². The van der Waals surface area contributed by atoms with E-state index in [4.69, 9.17) is 0 Å². The second-order valence-corrected chi connectivity index (χ2v) is 4.23. The van der Waals surface area contributed by atoms with E-state index >= 15 is 0 Å². The van der Waals surface area contributed by atoms with Crippen LogP contribution in [0.15, 0.2) is 0 Å². The summed E-state index contributed by atoms with van der Waals surface area (Å²) in [4.78, 5) is 0. The van der Waals surface area contributed by atoms with Crippen molar-refractivity contribution in [2.75, 3.05) is 25.6 Å². The molecule has 1 heterocycles. The van der Waals surface area contributed by atoms with Crippen molar-refractivity contribution in [3.63, 3.8) is 0 Å². The van der Waals surface area contributed by atoms with Crippen LogP contribution in [0, 0.1) is 0 Å². The van der Waals surface area contributed by atoms with Crippen LogP contribution in [0.3, 0.4) is 0 Å². The molecule has 0 aromatic carbocycles. The molecular formula is C6H12INS2. The summed E-state index contributed by atoms with van der Waals surface area (Å²) < 4.78 is 3.81. The number of halogens is 1. The highest BCUT2D eigenvalue weighted by molar-refractivity contribution is 8.38. The third-order valence-corrected chi connectivity index (χ3v) is 3.92. The van der Waals surface area contributed by atoms with Crippen molar-refractivity contribution in [3.05, 3.63) is 0 Å². The lowest BCUT2D eigenvalue weighted by molar-refractivity contribution is -0.492. The highest BCUT2D eigenvalue weighted by Crippen LogP contribution is 2.18. The molecule has 1 aliphatic rings. The van der Waals surface area contributed by atoms with E-state index in [2.05, 4.69) is 17.9 Å². The average Bonchev–Trinajstić information content (AvgIpc) is 1.89. The highest BCUT2D eigenvalue weighted by atomic mass is 127. The molecule has 60 valence electrons. The SMILES string of the molecule is CSC1=[N+](C)CCCS1.[I-]. The van der Waals surface area contributed by atoms with Crippen LogP contribution in [-0.4, -0.2) is 34.6 Å². The van der Waals surface area contributed by atoms with Gasteiger partial charge in [0, 0.05) is 12.2 Å². The molecule has 0 aliphatic carbocycles. The molecule has 0 radical (unpaired) electrons. The van der Waals surface area contributed by atoms with Crippen LogP contribution in [0.25, 0.3) is 0 Å². The molecule has 1 rings (SSSR count). The van der Waals surface area contributed by atoms with Crippen molar-refractivity contribution in [2.45, 2.75) is 6.42 Å². The minimum Gasteiger partial charge on any atom is -1.00 e. The van der Waals surface area contributed by atoms with Gasteiger partial charge in [-0.1, -0.05) is 11.8 Å². The standard InChI is InChI=1S/C6H12NS2.HI/c1-7-4-3-5-9-6(7)8-2;/h3-5H2,1-2H3;1H/q+1;/p-1. The zero-order chi connectivity index (χ0) is 6.69. The fourth-order valence-corrected chi connectivity index (χ4v) is 2.76. The number of nitrogens with zero attached hydrogens (tertiary/aromatic N) is 1. The number of hydrogen-bond acceptors (Lipinski definition) is 2. The molecule has 0 saturated heterocycles. The van der Waals surface area contributed by atoms with Crippen LogP contribution < -0.4 is 24.0 Å². The Kier molecular flexibility index (Phi) is 6.34. The fourth-order valence-electron chi connectivity index (χ4n) is 0.877. The Morgan fingerprint density at radius 3 is 2.70 bits per heavy atom. The van der Waals surface area contributed by atoms with Gasteiger partial charge in [0.05, 0.1) is 0 Å². The minimum atomic E-state index is 0. The van der Waals surface area contributed by atoms with Crippen LogP contribution in [0.2, 0.25) is 0 Å². The van der Waals surface area contributed by atoms with Crippen molar-refractivity contribution in [1.82, 2.24) is 0 Å². The minimum absolute atomic E-state index is 0. The number of rotatable bonds is 0. The maximum Gasteiger partial charge on any atom is 0.269 e. The van der Waals surface area contributed by atoms with Gasteiger partial charge >= 0.3 is 0 Å². The van der Waals surface area contributed by atoms with Crippen LogP contribution >= 0.6 is 23.5 Å². The summed E-state index contributed by atoms with van der Waals surface area (Å²) in [6.07, 6.45) is 3.48. The van der Waals surface area contributed by atoms with E-state index in [0.29, 0.717) is 0 Å². The number of hydrogen-bond donors (Lipinski definition) is 0. The average molecular weight is 289 g/mol. The van der Waals surface area contributed by atoms with Crippen molar-refractivity contribution >= 4 is 27.9 Å². The summed E-state index contributed by atoms with van der Waals surface area (Å²) in [6.45, 7) is 1.24. The van der Waals surface area contributed by atoms with Gasteiger partial charge in [-0.05, 0) is 18.0 Å². The third-order valence-electron chi connectivity index (χ3n) is 1.35. The molecule has 4 heteroatoms. The van der Waals surface area contributed by atoms with E-state index in [1.54, 1.807) is 0 Å². The Morgan fingerprint density at radius 1 is 1.60 bits per heavy atom. The predicted molar refractivity (Wildman–Crippen MR) is 46.6 cm³/mol. The maximum atomic E-state index is 2.33. The van der Waals surface area contributed by atoms with E-state index in [1.165, 1.54) is 23.1 Å². The highest BCUT2D eigenvalue weighted by Gasteiger charge is 2.14. The molecular weight excluding hydrogens is 277 g/mol. The lowest BCUT2D eigenvalue weighted by atomic mass is 10.5. The van der Waals surface area contributed by atoms with E-state index < -0.39 is 0 Å². The Bertz CT molecular complexity index is 136. The second kappa shape index (κ2) is 5.71. The molecule has 10 heavy (non-hydrogen) atoms. The zero-order valence-corrected chi connectivity index (χ0v) is 10.1. The van der Waals surface area contributed by atoms with Gasteiger partial charge in [-0.15, -0.1) is 0 Å². The third kappa shape index (κ3) is 3.00. The topological polar surface area (TPSA) is 3.01 Å². The molecule has 0 N–H and O–H groups in total. The van der Waals surface area contributed by atoms with Gasteiger partial charge in [-0.3, -0.25) is 0 Å². The van der Waals surface area contributed by atoms with Crippen molar-refractivity contribution in [2.24, 2.45) is 0 Å². The lowest BCUT2D eigenvalue weighted by Gasteiger charge is -2.07. The number of thioether (sulfide) groups is 2. The van der Waals surface area contributed by atoms with Gasteiger partial charge in [0.25, 0.3) is 4.38 Å². The van der Waals surface area contributed by atoms with Gasteiger partial charge in [0.1, 0.15) is 13.6 Å². The smallest absolute Gasteiger partial charge is 0.269 e. The molecule has 0 amide bonds. The quantitative estimate of drug-likeness (QED) is 0.394. The van der Waals surface area contributed by atoms with Gasteiger partial charge in [-0.2, -0.15) is 0 Å². The first-order valence-corrected chi connectivity index (χ1v) is 5.30. The molecule has 0 aromatic heterocycles. The Hall–Kier alpha value is 1.10. The summed E-state index contributed by atoms with van der Waals surface area (Å²) >= 11 is 3.84. The molecule has 1 nitrogen and oxygen atoms in total. The van der Waals surface area contributed by atoms with Crippen LogP contribution in [0.5, 0.6) is 0 Å². The van der Waals surface area contributed by atoms with Crippen LogP contribution in [0.4, 0.5) is 0 Å². The normalized spacial score (nSPS) is 18.6. The molecule has 1 aliphatic heterocycles. The molecule has 0 atom stereocenters.